The molecular formula is C18H27NO4. The maximum Gasteiger partial charge on any atom is 0.410 e. The highest BCUT2D eigenvalue weighted by atomic mass is 16.6. The highest BCUT2D eigenvalue weighted by Crippen LogP contribution is 2.27. The average Bonchev–Trinajstić information content (AvgIpc) is 2.49. The van der Waals surface area contributed by atoms with Crippen LogP contribution in [-0.4, -0.2) is 36.7 Å². The van der Waals surface area contributed by atoms with Crippen molar-refractivity contribution >= 4 is 12.1 Å². The van der Waals surface area contributed by atoms with Gasteiger partial charge in [0, 0.05) is 7.05 Å². The minimum absolute atomic E-state index is 0.153. The summed E-state index contributed by atoms with van der Waals surface area (Å²) in [5.74, 6) is -0.387. The van der Waals surface area contributed by atoms with E-state index in [2.05, 4.69) is 6.92 Å². The number of carbonyl (C=O) groups is 2. The molecule has 1 amide bonds. The molecule has 128 valence electrons. The Bertz CT molecular complexity index is 548. The summed E-state index contributed by atoms with van der Waals surface area (Å²) in [6, 6.07) is 7.03. The van der Waals surface area contributed by atoms with Crippen LogP contribution in [0.3, 0.4) is 0 Å². The minimum atomic E-state index is -0.546. The summed E-state index contributed by atoms with van der Waals surface area (Å²) < 4.78 is 10.2. The maximum atomic E-state index is 12.3. The first kappa shape index (κ1) is 19.0. The zero-order valence-electron chi connectivity index (χ0n) is 14.9. The Labute approximate surface area is 138 Å². The smallest absolute Gasteiger partial charge is 0.410 e. The van der Waals surface area contributed by atoms with Gasteiger partial charge in [-0.1, -0.05) is 25.5 Å². The van der Waals surface area contributed by atoms with E-state index in [-0.39, 0.29) is 18.1 Å². The normalized spacial score (nSPS) is 12.4. The molecule has 0 aliphatic carbocycles. The Balaban J connectivity index is 3.06. The van der Waals surface area contributed by atoms with Crippen molar-refractivity contribution in [2.24, 2.45) is 0 Å². The number of amides is 1. The molecular weight excluding hydrogens is 294 g/mol. The van der Waals surface area contributed by atoms with Crippen LogP contribution in [0.25, 0.3) is 0 Å². The van der Waals surface area contributed by atoms with Crippen molar-refractivity contribution in [3.05, 3.63) is 35.4 Å². The number of esters is 1. The second-order valence-electron chi connectivity index (χ2n) is 6.51. The van der Waals surface area contributed by atoms with Crippen LogP contribution in [0.2, 0.25) is 0 Å². The number of benzene rings is 1. The van der Waals surface area contributed by atoms with Crippen LogP contribution < -0.4 is 0 Å². The molecule has 0 saturated heterocycles. The van der Waals surface area contributed by atoms with E-state index in [1.165, 1.54) is 7.11 Å². The fourth-order valence-electron chi connectivity index (χ4n) is 2.31. The maximum absolute atomic E-state index is 12.3. The largest absolute Gasteiger partial charge is 0.465 e. The van der Waals surface area contributed by atoms with E-state index in [0.717, 1.165) is 18.4 Å². The van der Waals surface area contributed by atoms with Crippen LogP contribution in [0.5, 0.6) is 0 Å². The molecule has 0 spiro atoms. The molecule has 0 heterocycles. The van der Waals surface area contributed by atoms with Gasteiger partial charge in [0.25, 0.3) is 0 Å². The van der Waals surface area contributed by atoms with Crippen molar-refractivity contribution in [1.82, 2.24) is 4.90 Å². The van der Waals surface area contributed by atoms with Crippen molar-refractivity contribution in [1.29, 1.82) is 0 Å². The van der Waals surface area contributed by atoms with Gasteiger partial charge in [0.15, 0.2) is 0 Å². The minimum Gasteiger partial charge on any atom is -0.465 e. The third kappa shape index (κ3) is 5.58. The SMILES string of the molecule is CCCC(c1cccc(C(=O)OC)c1)N(C)C(=O)OC(C)(C)C. The molecule has 0 N–H and O–H groups in total. The first-order chi connectivity index (χ1) is 10.7. The molecule has 1 rings (SSSR count). The van der Waals surface area contributed by atoms with Gasteiger partial charge in [0.2, 0.25) is 0 Å². The molecule has 0 aromatic heterocycles. The summed E-state index contributed by atoms with van der Waals surface area (Å²) in [6.07, 6.45) is 1.31. The van der Waals surface area contributed by atoms with Gasteiger partial charge < -0.3 is 14.4 Å². The van der Waals surface area contributed by atoms with Crippen LogP contribution in [0, 0.1) is 0 Å². The molecule has 5 heteroatoms. The van der Waals surface area contributed by atoms with Crippen LogP contribution in [0.15, 0.2) is 24.3 Å². The van der Waals surface area contributed by atoms with Crippen LogP contribution in [0.1, 0.15) is 62.5 Å². The lowest BCUT2D eigenvalue weighted by molar-refractivity contribution is 0.0211. The predicted molar refractivity (Wildman–Crippen MR) is 89.4 cm³/mol. The Morgan fingerprint density at radius 1 is 1.26 bits per heavy atom. The molecule has 1 aromatic carbocycles. The lowest BCUT2D eigenvalue weighted by atomic mass is 9.99. The zero-order chi connectivity index (χ0) is 17.6. The standard InChI is InChI=1S/C18H27NO4/c1-7-9-15(19(5)17(21)23-18(2,3)4)13-10-8-11-14(12-13)16(20)22-6/h8,10-12,15H,7,9H2,1-6H3. The predicted octanol–water partition coefficient (Wildman–Crippen LogP) is 4.18. The van der Waals surface area contributed by atoms with E-state index < -0.39 is 5.60 Å². The van der Waals surface area contributed by atoms with Gasteiger partial charge in [-0.15, -0.1) is 0 Å². The van der Waals surface area contributed by atoms with Crippen LogP contribution in [-0.2, 0) is 9.47 Å². The van der Waals surface area contributed by atoms with Crippen molar-refractivity contribution in [3.8, 4) is 0 Å². The number of ether oxygens (including phenoxy) is 2. The summed E-state index contributed by atoms with van der Waals surface area (Å²) in [5.41, 5.74) is 0.822. The third-order valence-electron chi connectivity index (χ3n) is 3.40. The van der Waals surface area contributed by atoms with Crippen molar-refractivity contribution in [2.75, 3.05) is 14.2 Å². The zero-order valence-corrected chi connectivity index (χ0v) is 14.9. The Morgan fingerprint density at radius 3 is 2.43 bits per heavy atom. The third-order valence-corrected chi connectivity index (χ3v) is 3.40. The number of hydrogen-bond acceptors (Lipinski definition) is 4. The van der Waals surface area contributed by atoms with Crippen molar-refractivity contribution in [3.63, 3.8) is 0 Å². The summed E-state index contributed by atoms with van der Waals surface area (Å²) >= 11 is 0. The van der Waals surface area contributed by atoms with Gasteiger partial charge in [-0.25, -0.2) is 9.59 Å². The molecule has 1 atom stereocenters. The van der Waals surface area contributed by atoms with E-state index in [1.54, 1.807) is 30.1 Å². The number of methoxy groups -OCH3 is 1. The summed E-state index contributed by atoms with van der Waals surface area (Å²) in [5, 5.41) is 0. The van der Waals surface area contributed by atoms with Crippen molar-refractivity contribution in [2.45, 2.75) is 52.2 Å². The molecule has 0 bridgehead atoms. The van der Waals surface area contributed by atoms with Gasteiger partial charge in [0.1, 0.15) is 5.60 Å². The topological polar surface area (TPSA) is 55.8 Å². The van der Waals surface area contributed by atoms with E-state index in [1.807, 2.05) is 26.8 Å². The van der Waals surface area contributed by atoms with Gasteiger partial charge in [-0.2, -0.15) is 0 Å². The van der Waals surface area contributed by atoms with E-state index in [4.69, 9.17) is 9.47 Å². The van der Waals surface area contributed by atoms with Crippen molar-refractivity contribution < 1.29 is 19.1 Å². The molecule has 0 radical (unpaired) electrons. The van der Waals surface area contributed by atoms with Gasteiger partial charge in [-0.05, 0) is 44.9 Å². The van der Waals surface area contributed by atoms with Gasteiger partial charge >= 0.3 is 12.1 Å². The van der Waals surface area contributed by atoms with Gasteiger partial charge in [0.05, 0.1) is 18.7 Å². The second kappa shape index (κ2) is 7.99. The monoisotopic (exact) mass is 321 g/mol. The molecule has 1 unspecified atom stereocenters. The van der Waals surface area contributed by atoms with Gasteiger partial charge in [-0.3, -0.25) is 0 Å². The number of nitrogens with zero attached hydrogens (tertiary/aromatic N) is 1. The molecule has 23 heavy (non-hydrogen) atoms. The lowest BCUT2D eigenvalue weighted by Gasteiger charge is -2.31. The molecule has 1 aromatic rings. The quantitative estimate of drug-likeness (QED) is 0.763. The summed E-state index contributed by atoms with van der Waals surface area (Å²) in [6.45, 7) is 7.57. The molecule has 0 aliphatic rings. The summed E-state index contributed by atoms with van der Waals surface area (Å²) in [7, 11) is 3.07. The van der Waals surface area contributed by atoms with E-state index in [9.17, 15) is 9.59 Å². The Morgan fingerprint density at radius 2 is 1.91 bits per heavy atom. The molecule has 5 nitrogen and oxygen atoms in total. The number of rotatable bonds is 5. The highest BCUT2D eigenvalue weighted by molar-refractivity contribution is 5.89. The summed E-state index contributed by atoms with van der Waals surface area (Å²) in [4.78, 5) is 25.6. The molecule has 0 fully saturated rings. The van der Waals surface area contributed by atoms with Crippen LogP contribution >= 0.6 is 0 Å². The fraction of sp³-hybridized carbons (Fsp3) is 0.556. The number of carbonyl (C=O) groups excluding carboxylic acids is 2. The Kier molecular flexibility index (Phi) is 6.61. The second-order valence-corrected chi connectivity index (χ2v) is 6.51. The fourth-order valence-corrected chi connectivity index (χ4v) is 2.31. The first-order valence-electron chi connectivity index (χ1n) is 7.83. The highest BCUT2D eigenvalue weighted by Gasteiger charge is 2.26. The number of hydrogen-bond donors (Lipinski definition) is 0. The molecule has 0 saturated carbocycles. The first-order valence-corrected chi connectivity index (χ1v) is 7.83. The molecule has 0 aliphatic heterocycles. The lowest BCUT2D eigenvalue weighted by Crippen LogP contribution is -2.36. The Hall–Kier alpha value is -2.04. The van der Waals surface area contributed by atoms with Crippen LogP contribution in [0.4, 0.5) is 4.79 Å². The van der Waals surface area contributed by atoms with E-state index in [0.29, 0.717) is 5.56 Å². The van der Waals surface area contributed by atoms with E-state index >= 15 is 0 Å². The average molecular weight is 321 g/mol.